The Bertz CT molecular complexity index is 1520. The first-order chi connectivity index (χ1) is 17.4. The zero-order valence-corrected chi connectivity index (χ0v) is 21.4. The fourth-order valence-corrected chi connectivity index (χ4v) is 5.44. The van der Waals surface area contributed by atoms with Crippen LogP contribution in [0.2, 0.25) is 0 Å². The molecular weight excluding hydrogens is 444 g/mol. The Labute approximate surface area is 212 Å². The molecule has 36 heavy (non-hydrogen) atoms. The molecule has 0 saturated heterocycles. The molecule has 180 valence electrons. The van der Waals surface area contributed by atoms with E-state index in [1.165, 1.54) is 5.56 Å². The Balaban J connectivity index is 1.71. The number of aryl methyl sites for hydroxylation is 1. The number of ether oxygens (including phenoxy) is 1. The summed E-state index contributed by atoms with van der Waals surface area (Å²) in [5, 5.41) is 6.25. The van der Waals surface area contributed by atoms with Crippen LogP contribution in [0.3, 0.4) is 0 Å². The van der Waals surface area contributed by atoms with Crippen molar-refractivity contribution >= 4 is 16.9 Å². The first kappa shape index (κ1) is 22.4. The largest absolute Gasteiger partial charge is 0.473 e. The van der Waals surface area contributed by atoms with Gasteiger partial charge in [-0.25, -0.2) is 0 Å². The van der Waals surface area contributed by atoms with Crippen LogP contribution in [0.4, 0.5) is 11.4 Å². The molecular formula is C31H31N4O+. The van der Waals surface area contributed by atoms with Crippen LogP contribution < -0.4 is 24.3 Å². The van der Waals surface area contributed by atoms with Crippen LogP contribution in [0.15, 0.2) is 96.2 Å². The van der Waals surface area contributed by atoms with Crippen LogP contribution in [0.25, 0.3) is 5.57 Å². The number of pyridine rings is 1. The first-order valence-electron chi connectivity index (χ1n) is 12.3. The van der Waals surface area contributed by atoms with E-state index < -0.39 is 5.60 Å². The normalized spacial score (nSPS) is 16.8. The molecule has 0 bridgehead atoms. The van der Waals surface area contributed by atoms with E-state index >= 15 is 0 Å². The minimum Gasteiger partial charge on any atom is -0.473 e. The molecule has 1 unspecified atom stereocenters. The van der Waals surface area contributed by atoms with Gasteiger partial charge in [-0.05, 0) is 54.5 Å². The summed E-state index contributed by atoms with van der Waals surface area (Å²) in [5.74, 6) is 0.875. The maximum atomic E-state index is 7.18. The molecule has 4 aromatic rings. The summed E-state index contributed by atoms with van der Waals surface area (Å²) in [5.41, 5.74) is 7.11. The van der Waals surface area contributed by atoms with Crippen molar-refractivity contribution in [2.45, 2.75) is 18.6 Å². The molecule has 6 rings (SSSR count). The molecule has 5 heteroatoms. The zero-order valence-electron chi connectivity index (χ0n) is 21.4. The topological polar surface area (TPSA) is 34.0 Å². The number of hydrogen-bond donors (Lipinski definition) is 0. The molecule has 2 aliphatic heterocycles. The van der Waals surface area contributed by atoms with Gasteiger partial charge in [0, 0.05) is 68.4 Å². The lowest BCUT2D eigenvalue weighted by atomic mass is 9.73. The van der Waals surface area contributed by atoms with Gasteiger partial charge < -0.3 is 14.5 Å². The van der Waals surface area contributed by atoms with Crippen molar-refractivity contribution in [1.82, 2.24) is 0 Å². The molecule has 1 atom stereocenters. The van der Waals surface area contributed by atoms with Gasteiger partial charge in [-0.1, -0.05) is 40.3 Å². The van der Waals surface area contributed by atoms with Gasteiger partial charge >= 0.3 is 0 Å². The van der Waals surface area contributed by atoms with Crippen molar-refractivity contribution in [3.05, 3.63) is 119 Å². The standard InChI is InChI=1S/C31H31N4O/c1-21-9-18-28-26(20-21)30-29(27-8-6-7-19-35(27)32-30)31(36-28,22-10-14-24(15-11-22)33(2)3)23-12-16-25(17-13-23)34(4)5/h6-20,30H,1-5H3/q+1. The maximum Gasteiger partial charge on any atom is 0.244 e. The smallest absolute Gasteiger partial charge is 0.244 e. The third-order valence-corrected chi connectivity index (χ3v) is 7.31. The second kappa shape index (κ2) is 8.23. The maximum absolute atomic E-state index is 7.18. The van der Waals surface area contributed by atoms with E-state index in [1.807, 2.05) is 16.6 Å². The number of nitrogens with zero attached hydrogens (tertiary/aromatic N) is 4. The SMILES string of the molecule is Cc1ccc2c(c1)C1N=[n+]3ccccc3=C1C(c1ccc(N(C)C)cc1)(c1ccc(N(C)C)cc1)O2. The predicted octanol–water partition coefficient (Wildman–Crippen LogP) is 4.69. The summed E-state index contributed by atoms with van der Waals surface area (Å²) in [6, 6.07) is 30.0. The fraction of sp³-hybridized carbons (Fsp3) is 0.226. The molecule has 0 radical (unpaired) electrons. The molecule has 2 aliphatic rings. The number of aromatic nitrogens is 1. The van der Waals surface area contributed by atoms with Crippen LogP contribution in [0.1, 0.15) is 28.3 Å². The van der Waals surface area contributed by atoms with E-state index in [4.69, 9.17) is 9.85 Å². The van der Waals surface area contributed by atoms with E-state index in [2.05, 4.69) is 124 Å². The highest BCUT2D eigenvalue weighted by molar-refractivity contribution is 5.75. The summed E-state index contributed by atoms with van der Waals surface area (Å²) in [4.78, 5) is 4.24. The number of rotatable bonds is 4. The van der Waals surface area contributed by atoms with Crippen molar-refractivity contribution in [3.63, 3.8) is 0 Å². The minimum atomic E-state index is -0.828. The first-order valence-corrected chi connectivity index (χ1v) is 12.3. The van der Waals surface area contributed by atoms with Gasteiger partial charge in [-0.15, -0.1) is 0 Å². The molecule has 5 nitrogen and oxygen atoms in total. The van der Waals surface area contributed by atoms with E-state index in [1.54, 1.807) is 0 Å². The van der Waals surface area contributed by atoms with E-state index in [-0.39, 0.29) is 6.04 Å². The highest BCUT2D eigenvalue weighted by Crippen LogP contribution is 2.54. The van der Waals surface area contributed by atoms with Gasteiger partial charge in [-0.3, -0.25) is 0 Å². The average Bonchev–Trinajstić information content (AvgIpc) is 3.29. The van der Waals surface area contributed by atoms with Crippen molar-refractivity contribution in [3.8, 4) is 5.75 Å². The summed E-state index contributed by atoms with van der Waals surface area (Å²) < 4.78 is 9.19. The van der Waals surface area contributed by atoms with Gasteiger partial charge in [-0.2, -0.15) is 0 Å². The van der Waals surface area contributed by atoms with E-state index in [0.29, 0.717) is 0 Å². The number of benzene rings is 3. The number of fused-ring (bicyclic) bond motifs is 4. The number of anilines is 2. The zero-order chi connectivity index (χ0) is 25.0. The third kappa shape index (κ3) is 3.30. The molecule has 0 fully saturated rings. The fourth-order valence-electron chi connectivity index (χ4n) is 5.44. The molecule has 0 spiro atoms. The number of hydrogen-bond acceptors (Lipinski definition) is 4. The molecule has 1 aromatic heterocycles. The Morgan fingerprint density at radius 2 is 1.39 bits per heavy atom. The molecule has 0 aliphatic carbocycles. The van der Waals surface area contributed by atoms with Crippen LogP contribution in [-0.4, -0.2) is 28.2 Å². The minimum absolute atomic E-state index is 0.141. The van der Waals surface area contributed by atoms with Crippen LogP contribution in [-0.2, 0) is 5.60 Å². The highest BCUT2D eigenvalue weighted by Gasteiger charge is 2.53. The molecule has 0 N–H and O–H groups in total. The Morgan fingerprint density at radius 3 is 1.97 bits per heavy atom. The van der Waals surface area contributed by atoms with E-state index in [9.17, 15) is 0 Å². The Kier molecular flexibility index (Phi) is 5.11. The lowest BCUT2D eigenvalue weighted by Gasteiger charge is -2.41. The van der Waals surface area contributed by atoms with Crippen LogP contribution >= 0.6 is 0 Å². The second-order valence-electron chi connectivity index (χ2n) is 10.1. The molecule has 0 amide bonds. The van der Waals surface area contributed by atoms with Gasteiger partial charge in [0.05, 0.1) is 5.57 Å². The van der Waals surface area contributed by atoms with E-state index in [0.717, 1.165) is 44.7 Å². The Hall–Kier alpha value is -4.12. The monoisotopic (exact) mass is 475 g/mol. The Morgan fingerprint density at radius 1 is 0.778 bits per heavy atom. The predicted molar refractivity (Wildman–Crippen MR) is 144 cm³/mol. The van der Waals surface area contributed by atoms with Crippen molar-refractivity contribution in [2.24, 2.45) is 5.11 Å². The molecule has 0 saturated carbocycles. The average molecular weight is 476 g/mol. The highest BCUT2D eigenvalue weighted by atomic mass is 16.5. The lowest BCUT2D eigenvalue weighted by Crippen LogP contribution is -2.45. The quantitative estimate of drug-likeness (QED) is 0.402. The summed E-state index contributed by atoms with van der Waals surface area (Å²) in [7, 11) is 8.25. The molecule has 3 aromatic carbocycles. The summed E-state index contributed by atoms with van der Waals surface area (Å²) >= 11 is 0. The van der Waals surface area contributed by atoms with Crippen LogP contribution in [0.5, 0.6) is 5.75 Å². The lowest BCUT2D eigenvalue weighted by molar-refractivity contribution is -0.559. The van der Waals surface area contributed by atoms with Gasteiger partial charge in [0.25, 0.3) is 0 Å². The summed E-state index contributed by atoms with van der Waals surface area (Å²) in [6.07, 6.45) is 2.03. The van der Waals surface area contributed by atoms with Crippen molar-refractivity contribution < 1.29 is 9.10 Å². The van der Waals surface area contributed by atoms with Gasteiger partial charge in [0.2, 0.25) is 11.5 Å². The summed E-state index contributed by atoms with van der Waals surface area (Å²) in [6.45, 7) is 2.12. The van der Waals surface area contributed by atoms with Crippen molar-refractivity contribution in [2.75, 3.05) is 38.0 Å². The van der Waals surface area contributed by atoms with Gasteiger partial charge in [0.1, 0.15) is 5.75 Å². The second-order valence-corrected chi connectivity index (χ2v) is 10.1. The molecule has 3 heterocycles. The third-order valence-electron chi connectivity index (χ3n) is 7.31. The van der Waals surface area contributed by atoms with Crippen molar-refractivity contribution in [1.29, 1.82) is 0 Å². The van der Waals surface area contributed by atoms with Gasteiger partial charge in [0.15, 0.2) is 11.6 Å². The van der Waals surface area contributed by atoms with Crippen LogP contribution in [0, 0.1) is 6.92 Å².